The summed E-state index contributed by atoms with van der Waals surface area (Å²) < 4.78 is 9.90. The zero-order chi connectivity index (χ0) is 26.3. The Hall–Kier alpha value is -2.89. The Morgan fingerprint density at radius 2 is 1.23 bits per heavy atom. The van der Waals surface area contributed by atoms with E-state index >= 15 is 0 Å². The van der Waals surface area contributed by atoms with Crippen LogP contribution in [0, 0.1) is 5.92 Å². The van der Waals surface area contributed by atoms with Crippen LogP contribution in [0.2, 0.25) is 0 Å². The van der Waals surface area contributed by atoms with Crippen LogP contribution in [0.5, 0.6) is 0 Å². The van der Waals surface area contributed by atoms with Gasteiger partial charge in [-0.25, -0.2) is 4.79 Å². The lowest BCUT2D eigenvalue weighted by Crippen LogP contribution is -2.42. The third kappa shape index (κ3) is 18.2. The van der Waals surface area contributed by atoms with Gasteiger partial charge in [-0.05, 0) is 65.7 Å². The SMILES string of the molecule is CC/C=C\C/C=C\C/C=C\C/C=C\C/C=C\CCCC(=O)N[C@@H](C)C(=O)O[C@H](C)[C@H](C)C(=O)OC. The van der Waals surface area contributed by atoms with Gasteiger partial charge in [-0.15, -0.1) is 0 Å². The molecule has 0 aliphatic carbocycles. The van der Waals surface area contributed by atoms with Crippen molar-refractivity contribution in [2.24, 2.45) is 5.92 Å². The van der Waals surface area contributed by atoms with E-state index in [9.17, 15) is 14.4 Å². The van der Waals surface area contributed by atoms with E-state index in [2.05, 4.69) is 77.7 Å². The second kappa shape index (κ2) is 21.6. The van der Waals surface area contributed by atoms with E-state index < -0.39 is 30.0 Å². The summed E-state index contributed by atoms with van der Waals surface area (Å²) in [6.07, 6.45) is 27.6. The minimum absolute atomic E-state index is 0.199. The summed E-state index contributed by atoms with van der Waals surface area (Å²) in [4.78, 5) is 35.7. The number of carbonyl (C=O) groups excluding carboxylic acids is 3. The summed E-state index contributed by atoms with van der Waals surface area (Å²) >= 11 is 0. The molecule has 0 radical (unpaired) electrons. The average molecular weight is 488 g/mol. The number of rotatable bonds is 18. The molecule has 1 N–H and O–H groups in total. The number of hydrogen-bond acceptors (Lipinski definition) is 5. The van der Waals surface area contributed by atoms with Gasteiger partial charge in [0.25, 0.3) is 0 Å². The molecule has 6 heteroatoms. The first kappa shape index (κ1) is 32.1. The minimum atomic E-state index is -0.775. The van der Waals surface area contributed by atoms with Crippen molar-refractivity contribution in [2.45, 2.75) is 91.2 Å². The lowest BCUT2D eigenvalue weighted by Gasteiger charge is -2.21. The van der Waals surface area contributed by atoms with Crippen LogP contribution in [0.15, 0.2) is 60.8 Å². The number of unbranched alkanes of at least 4 members (excludes halogenated alkanes) is 1. The molecule has 0 aliphatic heterocycles. The van der Waals surface area contributed by atoms with Crippen molar-refractivity contribution in [3.05, 3.63) is 60.8 Å². The topological polar surface area (TPSA) is 81.7 Å². The van der Waals surface area contributed by atoms with Gasteiger partial charge in [-0.1, -0.05) is 67.7 Å². The van der Waals surface area contributed by atoms with Crippen molar-refractivity contribution >= 4 is 17.8 Å². The van der Waals surface area contributed by atoms with Crippen molar-refractivity contribution in [1.29, 1.82) is 0 Å². The molecule has 0 aliphatic rings. The average Bonchev–Trinajstić information content (AvgIpc) is 2.84. The molecular formula is C29H45NO5. The van der Waals surface area contributed by atoms with Gasteiger partial charge in [0, 0.05) is 6.42 Å². The van der Waals surface area contributed by atoms with Crippen LogP contribution in [0.3, 0.4) is 0 Å². The number of hydrogen-bond donors (Lipinski definition) is 1. The number of allylic oxidation sites excluding steroid dienone is 10. The molecule has 0 unspecified atom stereocenters. The smallest absolute Gasteiger partial charge is 0.328 e. The third-order valence-electron chi connectivity index (χ3n) is 5.24. The Morgan fingerprint density at radius 1 is 0.743 bits per heavy atom. The summed E-state index contributed by atoms with van der Waals surface area (Å²) in [6.45, 7) is 6.96. The van der Waals surface area contributed by atoms with E-state index in [0.29, 0.717) is 12.8 Å². The second-order valence-corrected chi connectivity index (χ2v) is 8.34. The molecule has 3 atom stereocenters. The van der Waals surface area contributed by atoms with E-state index in [0.717, 1.165) is 38.5 Å². The molecule has 0 saturated heterocycles. The second-order valence-electron chi connectivity index (χ2n) is 8.34. The maximum absolute atomic E-state index is 12.1. The van der Waals surface area contributed by atoms with E-state index in [-0.39, 0.29) is 5.91 Å². The van der Waals surface area contributed by atoms with Crippen molar-refractivity contribution in [3.63, 3.8) is 0 Å². The highest BCUT2D eigenvalue weighted by molar-refractivity contribution is 5.84. The number of amides is 1. The molecule has 0 fully saturated rings. The van der Waals surface area contributed by atoms with Gasteiger partial charge in [-0.3, -0.25) is 9.59 Å². The predicted molar refractivity (Wildman–Crippen MR) is 143 cm³/mol. The highest BCUT2D eigenvalue weighted by atomic mass is 16.6. The van der Waals surface area contributed by atoms with Crippen molar-refractivity contribution in [3.8, 4) is 0 Å². The zero-order valence-electron chi connectivity index (χ0n) is 22.2. The predicted octanol–water partition coefficient (Wildman–Crippen LogP) is 6.15. The maximum atomic E-state index is 12.1. The molecule has 0 bridgehead atoms. The fourth-order valence-corrected chi connectivity index (χ4v) is 2.89. The van der Waals surface area contributed by atoms with E-state index in [4.69, 9.17) is 4.74 Å². The zero-order valence-corrected chi connectivity index (χ0v) is 22.2. The van der Waals surface area contributed by atoms with Gasteiger partial charge in [0.15, 0.2) is 0 Å². The first-order valence-electron chi connectivity index (χ1n) is 12.7. The van der Waals surface area contributed by atoms with Crippen LogP contribution >= 0.6 is 0 Å². The third-order valence-corrected chi connectivity index (χ3v) is 5.24. The molecule has 0 aromatic heterocycles. The fraction of sp³-hybridized carbons (Fsp3) is 0.552. The molecule has 6 nitrogen and oxygen atoms in total. The van der Waals surface area contributed by atoms with E-state index in [1.54, 1.807) is 20.8 Å². The normalized spacial score (nSPS) is 14.8. The van der Waals surface area contributed by atoms with Crippen molar-refractivity contribution < 1.29 is 23.9 Å². The van der Waals surface area contributed by atoms with E-state index in [1.165, 1.54) is 7.11 Å². The van der Waals surface area contributed by atoms with Crippen LogP contribution in [0.25, 0.3) is 0 Å². The number of ether oxygens (including phenoxy) is 2. The Balaban J connectivity index is 3.91. The van der Waals surface area contributed by atoms with Gasteiger partial charge in [0.1, 0.15) is 12.1 Å². The Morgan fingerprint density at radius 3 is 1.71 bits per heavy atom. The van der Waals surface area contributed by atoms with Crippen LogP contribution in [0.1, 0.15) is 79.1 Å². The molecule has 0 rings (SSSR count). The number of esters is 2. The molecule has 35 heavy (non-hydrogen) atoms. The molecule has 0 heterocycles. The largest absolute Gasteiger partial charge is 0.469 e. The molecule has 0 spiro atoms. The lowest BCUT2D eigenvalue weighted by molar-refractivity contribution is -0.160. The molecular weight excluding hydrogens is 442 g/mol. The van der Waals surface area contributed by atoms with Gasteiger partial charge in [-0.2, -0.15) is 0 Å². The standard InChI is InChI=1S/C29H45NO5/c1-6-7-8-9-10-11-12-13-14-15-16-17-18-19-20-21-22-23-27(31)30-25(3)29(33)35-26(4)24(2)28(32)34-5/h7-8,10-11,13-14,16-17,19-20,24-26H,6,9,12,15,18,21-23H2,1-5H3,(H,30,31)/b8-7-,11-10-,14-13-,17-16-,20-19-/t24-,25-,26+/m0/s1. The number of nitrogens with one attached hydrogen (secondary N) is 1. The first-order valence-corrected chi connectivity index (χ1v) is 12.7. The van der Waals surface area contributed by atoms with E-state index in [1.807, 2.05) is 0 Å². The van der Waals surface area contributed by atoms with Gasteiger partial charge >= 0.3 is 11.9 Å². The number of carbonyl (C=O) groups is 3. The molecule has 0 saturated carbocycles. The monoisotopic (exact) mass is 487 g/mol. The highest BCUT2D eigenvalue weighted by Gasteiger charge is 2.26. The maximum Gasteiger partial charge on any atom is 0.328 e. The Labute approximate surface area is 212 Å². The van der Waals surface area contributed by atoms with Crippen LogP contribution in [-0.4, -0.2) is 37.1 Å². The molecule has 0 aromatic rings. The molecule has 1 amide bonds. The summed E-state index contributed by atoms with van der Waals surface area (Å²) in [5.41, 5.74) is 0. The Kier molecular flexibility index (Phi) is 19.8. The minimum Gasteiger partial charge on any atom is -0.469 e. The highest BCUT2D eigenvalue weighted by Crippen LogP contribution is 2.10. The van der Waals surface area contributed by atoms with Crippen molar-refractivity contribution in [1.82, 2.24) is 5.32 Å². The van der Waals surface area contributed by atoms with Gasteiger partial charge in [0.2, 0.25) is 5.91 Å². The van der Waals surface area contributed by atoms with Crippen LogP contribution in [0.4, 0.5) is 0 Å². The van der Waals surface area contributed by atoms with Crippen molar-refractivity contribution in [2.75, 3.05) is 7.11 Å². The summed E-state index contributed by atoms with van der Waals surface area (Å²) in [7, 11) is 1.29. The molecule has 196 valence electrons. The Bertz CT molecular complexity index is 748. The summed E-state index contributed by atoms with van der Waals surface area (Å²) in [5, 5.41) is 2.64. The summed E-state index contributed by atoms with van der Waals surface area (Å²) in [5.74, 6) is -1.79. The molecule has 0 aromatic carbocycles. The van der Waals surface area contributed by atoms with Crippen LogP contribution < -0.4 is 5.32 Å². The fourth-order valence-electron chi connectivity index (χ4n) is 2.89. The van der Waals surface area contributed by atoms with Crippen LogP contribution in [-0.2, 0) is 23.9 Å². The lowest BCUT2D eigenvalue weighted by atomic mass is 10.1. The summed E-state index contributed by atoms with van der Waals surface area (Å²) in [6, 6.07) is -0.775. The van der Waals surface area contributed by atoms with Gasteiger partial charge in [0.05, 0.1) is 13.0 Å². The quantitative estimate of drug-likeness (QED) is 0.142. The first-order chi connectivity index (χ1) is 16.8. The van der Waals surface area contributed by atoms with Gasteiger partial charge < -0.3 is 14.8 Å². The number of methoxy groups -OCH3 is 1.